The van der Waals surface area contributed by atoms with Crippen LogP contribution in [-0.2, 0) is 9.53 Å². The van der Waals surface area contributed by atoms with Gasteiger partial charge in [-0.15, -0.1) is 0 Å². The summed E-state index contributed by atoms with van der Waals surface area (Å²) in [4.78, 5) is 33.6. The normalized spacial score (nSPS) is 9.37. The fourth-order valence-electron chi connectivity index (χ4n) is 1.11. The molecule has 1 aromatic rings. The van der Waals surface area contributed by atoms with Crippen molar-refractivity contribution >= 4 is 18.0 Å². The van der Waals surface area contributed by atoms with E-state index in [1.807, 2.05) is 5.32 Å². The van der Waals surface area contributed by atoms with E-state index >= 15 is 0 Å². The lowest BCUT2D eigenvalue weighted by atomic mass is 10.2. The van der Waals surface area contributed by atoms with Crippen molar-refractivity contribution in [1.82, 2.24) is 5.32 Å². The van der Waals surface area contributed by atoms with Crippen LogP contribution in [0.5, 0.6) is 5.75 Å². The van der Waals surface area contributed by atoms with Crippen LogP contribution in [0.3, 0.4) is 0 Å². The van der Waals surface area contributed by atoms with Gasteiger partial charge >= 0.3 is 12.1 Å². The zero-order valence-corrected chi connectivity index (χ0v) is 10.6. The van der Waals surface area contributed by atoms with Crippen LogP contribution in [-0.4, -0.2) is 25.1 Å². The maximum absolute atomic E-state index is 11.3. The molecule has 0 aliphatic carbocycles. The van der Waals surface area contributed by atoms with Gasteiger partial charge in [-0.25, -0.2) is 9.59 Å². The lowest BCUT2D eigenvalue weighted by molar-refractivity contribution is -0.116. The first-order chi connectivity index (χ1) is 8.93. The Bertz CT molecular complexity index is 518. The van der Waals surface area contributed by atoms with E-state index in [1.165, 1.54) is 38.3 Å². The van der Waals surface area contributed by atoms with Gasteiger partial charge in [-0.1, -0.05) is 6.58 Å². The van der Waals surface area contributed by atoms with Crippen molar-refractivity contribution in [3.05, 3.63) is 42.0 Å². The van der Waals surface area contributed by atoms with Crippen LogP contribution in [0.4, 0.5) is 4.79 Å². The van der Waals surface area contributed by atoms with Crippen LogP contribution in [0.2, 0.25) is 0 Å². The maximum Gasteiger partial charge on any atom is 0.419 e. The molecule has 0 heterocycles. The second kappa shape index (κ2) is 6.34. The van der Waals surface area contributed by atoms with Gasteiger partial charge in [-0.2, -0.15) is 0 Å². The number of hydrogen-bond donors (Lipinski definition) is 1. The molecule has 0 aliphatic heterocycles. The predicted molar refractivity (Wildman–Crippen MR) is 66.8 cm³/mol. The van der Waals surface area contributed by atoms with Crippen molar-refractivity contribution in [1.29, 1.82) is 0 Å². The van der Waals surface area contributed by atoms with Crippen molar-refractivity contribution in [3.8, 4) is 5.75 Å². The molecule has 1 rings (SSSR count). The third-order valence-electron chi connectivity index (χ3n) is 2.09. The Kier molecular flexibility index (Phi) is 4.82. The summed E-state index contributed by atoms with van der Waals surface area (Å²) in [5.74, 6) is -0.913. The summed E-state index contributed by atoms with van der Waals surface area (Å²) in [6.45, 7) is 4.85. The number of amides is 2. The van der Waals surface area contributed by atoms with Crippen LogP contribution in [0.1, 0.15) is 17.3 Å². The van der Waals surface area contributed by atoms with Crippen LogP contribution in [0.25, 0.3) is 0 Å². The van der Waals surface area contributed by atoms with E-state index in [1.54, 1.807) is 0 Å². The summed E-state index contributed by atoms with van der Waals surface area (Å²) in [6, 6.07) is 5.71. The zero-order chi connectivity index (χ0) is 14.4. The highest BCUT2D eigenvalue weighted by atomic mass is 16.6. The number of nitrogens with one attached hydrogen (secondary N) is 1. The number of hydrogen-bond acceptors (Lipinski definition) is 5. The van der Waals surface area contributed by atoms with Gasteiger partial charge in [0.05, 0.1) is 12.7 Å². The SMILES string of the molecule is C=C(C)C(=O)NC(=O)Oc1ccc(C(=O)OC)cc1. The minimum atomic E-state index is -0.918. The number of esters is 1. The van der Waals surface area contributed by atoms with Crippen molar-refractivity contribution in [3.63, 3.8) is 0 Å². The molecule has 2 amide bonds. The van der Waals surface area contributed by atoms with E-state index in [9.17, 15) is 14.4 Å². The number of ether oxygens (including phenoxy) is 2. The molecule has 0 fully saturated rings. The highest BCUT2D eigenvalue weighted by molar-refractivity contribution is 6.01. The van der Waals surface area contributed by atoms with Gasteiger partial charge in [-0.3, -0.25) is 10.1 Å². The molecule has 0 spiro atoms. The highest BCUT2D eigenvalue weighted by Gasteiger charge is 2.11. The third-order valence-corrected chi connectivity index (χ3v) is 2.09. The standard InChI is InChI=1S/C13H13NO5/c1-8(2)11(15)14-13(17)19-10-6-4-9(5-7-10)12(16)18-3/h4-7H,1H2,2-3H3,(H,14,15,17). The Morgan fingerprint density at radius 3 is 2.21 bits per heavy atom. The summed E-state index contributed by atoms with van der Waals surface area (Å²) in [7, 11) is 1.27. The van der Waals surface area contributed by atoms with Crippen LogP contribution < -0.4 is 10.1 Å². The summed E-state index contributed by atoms with van der Waals surface area (Å²) >= 11 is 0. The largest absolute Gasteiger partial charge is 0.465 e. The Hall–Kier alpha value is -2.63. The topological polar surface area (TPSA) is 81.7 Å². The number of methoxy groups -OCH3 is 1. The van der Waals surface area contributed by atoms with E-state index < -0.39 is 18.0 Å². The molecule has 0 radical (unpaired) electrons. The molecule has 6 heteroatoms. The molecule has 6 nitrogen and oxygen atoms in total. The number of carbonyl (C=O) groups excluding carboxylic acids is 3. The van der Waals surface area contributed by atoms with Crippen LogP contribution in [0, 0.1) is 0 Å². The summed E-state index contributed by atoms with van der Waals surface area (Å²) < 4.78 is 9.36. The minimum absolute atomic E-state index is 0.193. The number of rotatable bonds is 3. The Balaban J connectivity index is 2.63. The average Bonchev–Trinajstić information content (AvgIpc) is 2.38. The van der Waals surface area contributed by atoms with Crippen molar-refractivity contribution in [2.45, 2.75) is 6.92 Å². The monoisotopic (exact) mass is 263 g/mol. The molecule has 1 N–H and O–H groups in total. The highest BCUT2D eigenvalue weighted by Crippen LogP contribution is 2.13. The first kappa shape index (κ1) is 14.4. The van der Waals surface area contributed by atoms with Gasteiger partial charge < -0.3 is 9.47 Å². The van der Waals surface area contributed by atoms with E-state index in [0.717, 1.165) is 0 Å². The molecule has 0 aromatic heterocycles. The van der Waals surface area contributed by atoms with Crippen LogP contribution >= 0.6 is 0 Å². The van der Waals surface area contributed by atoms with Gasteiger partial charge in [0.15, 0.2) is 0 Å². The maximum atomic E-state index is 11.3. The average molecular weight is 263 g/mol. The van der Waals surface area contributed by atoms with Crippen molar-refractivity contribution < 1.29 is 23.9 Å². The zero-order valence-electron chi connectivity index (χ0n) is 10.6. The summed E-state index contributed by atoms with van der Waals surface area (Å²) in [5, 5.41) is 1.99. The number of imide groups is 1. The molecule has 0 saturated heterocycles. The fraction of sp³-hybridized carbons (Fsp3) is 0.154. The minimum Gasteiger partial charge on any atom is -0.465 e. The number of carbonyl (C=O) groups is 3. The molecule has 0 saturated carbocycles. The van der Waals surface area contributed by atoms with Gasteiger partial charge in [0.1, 0.15) is 5.75 Å². The molecule has 0 unspecified atom stereocenters. The molecule has 1 aromatic carbocycles. The molecule has 0 bridgehead atoms. The molecule has 100 valence electrons. The van der Waals surface area contributed by atoms with Crippen LogP contribution in [0.15, 0.2) is 36.4 Å². The fourth-order valence-corrected chi connectivity index (χ4v) is 1.11. The smallest absolute Gasteiger partial charge is 0.419 e. The first-order valence-corrected chi connectivity index (χ1v) is 5.31. The van der Waals surface area contributed by atoms with Gasteiger partial charge in [0.25, 0.3) is 5.91 Å². The third kappa shape index (κ3) is 4.27. The Morgan fingerprint density at radius 1 is 1.16 bits per heavy atom. The van der Waals surface area contributed by atoms with Gasteiger partial charge in [0, 0.05) is 5.57 Å². The molecule has 0 aliphatic rings. The van der Waals surface area contributed by atoms with E-state index in [-0.39, 0.29) is 11.3 Å². The second-order valence-electron chi connectivity index (χ2n) is 3.64. The van der Waals surface area contributed by atoms with Gasteiger partial charge in [0.2, 0.25) is 0 Å². The second-order valence-corrected chi connectivity index (χ2v) is 3.64. The predicted octanol–water partition coefficient (Wildman–Crippen LogP) is 1.66. The Morgan fingerprint density at radius 2 is 1.74 bits per heavy atom. The molecule has 0 atom stereocenters. The lowest BCUT2D eigenvalue weighted by Crippen LogP contribution is -2.33. The summed E-state index contributed by atoms with van der Waals surface area (Å²) in [6.07, 6.45) is -0.918. The first-order valence-electron chi connectivity index (χ1n) is 5.31. The van der Waals surface area contributed by atoms with Crippen molar-refractivity contribution in [2.75, 3.05) is 7.11 Å². The van der Waals surface area contributed by atoms with Crippen molar-refractivity contribution in [2.24, 2.45) is 0 Å². The van der Waals surface area contributed by atoms with E-state index in [4.69, 9.17) is 4.74 Å². The van der Waals surface area contributed by atoms with E-state index in [0.29, 0.717) is 5.56 Å². The lowest BCUT2D eigenvalue weighted by Gasteiger charge is -2.06. The molecular weight excluding hydrogens is 250 g/mol. The number of benzene rings is 1. The van der Waals surface area contributed by atoms with E-state index in [2.05, 4.69) is 11.3 Å². The Labute approximate surface area is 110 Å². The molecular formula is C13H13NO5. The summed E-state index contributed by atoms with van der Waals surface area (Å²) in [5.41, 5.74) is 0.520. The van der Waals surface area contributed by atoms with Gasteiger partial charge in [-0.05, 0) is 31.2 Å². The quantitative estimate of drug-likeness (QED) is 0.662. The molecule has 19 heavy (non-hydrogen) atoms.